The average Bonchev–Trinajstić information content (AvgIpc) is 2.73. The summed E-state index contributed by atoms with van der Waals surface area (Å²) < 4.78 is 3.08. The number of benzene rings is 1. The molecule has 0 saturated heterocycles. The maximum atomic E-state index is 6.26. The van der Waals surface area contributed by atoms with Crippen LogP contribution in [-0.4, -0.2) is 9.78 Å². The molecule has 2 N–H and O–H groups in total. The molecule has 1 unspecified atom stereocenters. The van der Waals surface area contributed by atoms with E-state index in [1.807, 2.05) is 29.1 Å². The van der Waals surface area contributed by atoms with Gasteiger partial charge in [0.15, 0.2) is 0 Å². The van der Waals surface area contributed by atoms with E-state index in [1.165, 1.54) is 5.69 Å². The molecular formula is C14H18BrN3. The minimum absolute atomic E-state index is 0.00908. The summed E-state index contributed by atoms with van der Waals surface area (Å²) in [5.74, 6) is 0. The Morgan fingerprint density at radius 1 is 1.33 bits per heavy atom. The fourth-order valence-corrected chi connectivity index (χ4v) is 2.48. The summed E-state index contributed by atoms with van der Waals surface area (Å²) in [4.78, 5) is 0. The lowest BCUT2D eigenvalue weighted by Gasteiger charge is -2.14. The van der Waals surface area contributed by atoms with Gasteiger partial charge in [-0.15, -0.1) is 0 Å². The summed E-state index contributed by atoms with van der Waals surface area (Å²) in [6, 6.07) is 10.2. The topological polar surface area (TPSA) is 43.8 Å². The smallest absolute Gasteiger partial charge is 0.0635 e. The van der Waals surface area contributed by atoms with Crippen LogP contribution in [0.3, 0.4) is 0 Å². The van der Waals surface area contributed by atoms with E-state index < -0.39 is 0 Å². The highest BCUT2D eigenvalue weighted by atomic mass is 79.9. The Kier molecular flexibility index (Phi) is 4.55. The van der Waals surface area contributed by atoms with Gasteiger partial charge in [-0.1, -0.05) is 37.3 Å². The third-order valence-electron chi connectivity index (χ3n) is 2.97. The van der Waals surface area contributed by atoms with E-state index in [0.29, 0.717) is 0 Å². The first kappa shape index (κ1) is 13.3. The molecule has 3 nitrogen and oxygen atoms in total. The molecule has 0 bridgehead atoms. The standard InChI is InChI=1S/C14H18BrN3/c1-2-8-18-14(12(15)10-17-18)9-13(16)11-6-4-3-5-7-11/h3-7,10,13H,2,8-9,16H2,1H3. The van der Waals surface area contributed by atoms with Crippen LogP contribution in [0.5, 0.6) is 0 Å². The molecule has 0 saturated carbocycles. The van der Waals surface area contributed by atoms with Crippen LogP contribution in [-0.2, 0) is 13.0 Å². The van der Waals surface area contributed by atoms with Gasteiger partial charge in [-0.05, 0) is 27.9 Å². The molecule has 1 aromatic heterocycles. The number of nitrogens with two attached hydrogens (primary N) is 1. The van der Waals surface area contributed by atoms with E-state index in [0.717, 1.165) is 29.4 Å². The second-order valence-corrected chi connectivity index (χ2v) is 5.24. The summed E-state index contributed by atoms with van der Waals surface area (Å²) >= 11 is 3.55. The zero-order valence-electron chi connectivity index (χ0n) is 10.5. The van der Waals surface area contributed by atoms with Crippen LogP contribution >= 0.6 is 15.9 Å². The highest BCUT2D eigenvalue weighted by Gasteiger charge is 2.13. The Morgan fingerprint density at radius 2 is 2.06 bits per heavy atom. The largest absolute Gasteiger partial charge is 0.324 e. The number of hydrogen-bond acceptors (Lipinski definition) is 2. The van der Waals surface area contributed by atoms with Gasteiger partial charge in [0.25, 0.3) is 0 Å². The minimum Gasteiger partial charge on any atom is -0.324 e. The van der Waals surface area contributed by atoms with E-state index in [4.69, 9.17) is 5.73 Å². The molecule has 0 aliphatic carbocycles. The van der Waals surface area contributed by atoms with Crippen molar-refractivity contribution in [2.75, 3.05) is 0 Å². The first-order valence-corrected chi connectivity index (χ1v) is 7.02. The van der Waals surface area contributed by atoms with Crippen molar-refractivity contribution in [2.45, 2.75) is 32.4 Å². The fraction of sp³-hybridized carbons (Fsp3) is 0.357. The van der Waals surface area contributed by atoms with Gasteiger partial charge in [-0.2, -0.15) is 5.10 Å². The monoisotopic (exact) mass is 307 g/mol. The molecule has 0 aliphatic rings. The molecule has 0 aliphatic heterocycles. The van der Waals surface area contributed by atoms with Crippen LogP contribution in [0, 0.1) is 0 Å². The van der Waals surface area contributed by atoms with Crippen molar-refractivity contribution in [2.24, 2.45) is 5.73 Å². The van der Waals surface area contributed by atoms with E-state index >= 15 is 0 Å². The van der Waals surface area contributed by atoms with Gasteiger partial charge in [0.05, 0.1) is 16.4 Å². The number of halogens is 1. The lowest BCUT2D eigenvalue weighted by molar-refractivity contribution is 0.554. The predicted octanol–water partition coefficient (Wildman–Crippen LogP) is 3.30. The van der Waals surface area contributed by atoms with Crippen molar-refractivity contribution in [3.63, 3.8) is 0 Å². The van der Waals surface area contributed by atoms with Crippen molar-refractivity contribution < 1.29 is 0 Å². The highest BCUT2D eigenvalue weighted by Crippen LogP contribution is 2.22. The van der Waals surface area contributed by atoms with E-state index in [-0.39, 0.29) is 6.04 Å². The molecule has 0 radical (unpaired) electrons. The van der Waals surface area contributed by atoms with Crippen LogP contribution in [0.25, 0.3) is 0 Å². The van der Waals surface area contributed by atoms with Crippen LogP contribution in [0.2, 0.25) is 0 Å². The first-order chi connectivity index (χ1) is 8.72. The highest BCUT2D eigenvalue weighted by molar-refractivity contribution is 9.10. The average molecular weight is 308 g/mol. The molecule has 0 amide bonds. The van der Waals surface area contributed by atoms with Crippen LogP contribution < -0.4 is 5.73 Å². The zero-order chi connectivity index (χ0) is 13.0. The zero-order valence-corrected chi connectivity index (χ0v) is 12.1. The molecule has 18 heavy (non-hydrogen) atoms. The molecule has 0 fully saturated rings. The number of rotatable bonds is 5. The molecule has 2 aromatic rings. The number of hydrogen-bond donors (Lipinski definition) is 1. The quantitative estimate of drug-likeness (QED) is 0.921. The Labute approximate surface area is 116 Å². The number of aryl methyl sites for hydroxylation is 1. The Balaban J connectivity index is 2.16. The number of aromatic nitrogens is 2. The molecule has 2 rings (SSSR count). The summed E-state index contributed by atoms with van der Waals surface area (Å²) in [5, 5.41) is 4.37. The minimum atomic E-state index is 0.00908. The van der Waals surface area contributed by atoms with Crippen molar-refractivity contribution in [1.29, 1.82) is 0 Å². The molecule has 1 heterocycles. The van der Waals surface area contributed by atoms with Gasteiger partial charge in [0.2, 0.25) is 0 Å². The molecular weight excluding hydrogens is 290 g/mol. The van der Waals surface area contributed by atoms with Gasteiger partial charge in [-0.25, -0.2) is 0 Å². The van der Waals surface area contributed by atoms with Crippen molar-refractivity contribution in [3.8, 4) is 0 Å². The van der Waals surface area contributed by atoms with Gasteiger partial charge in [0, 0.05) is 19.0 Å². The molecule has 0 spiro atoms. The summed E-state index contributed by atoms with van der Waals surface area (Å²) in [6.07, 6.45) is 3.72. The SMILES string of the molecule is CCCn1ncc(Br)c1CC(N)c1ccccc1. The summed E-state index contributed by atoms with van der Waals surface area (Å²) in [7, 11) is 0. The van der Waals surface area contributed by atoms with Gasteiger partial charge in [-0.3, -0.25) is 4.68 Å². The normalized spacial score (nSPS) is 12.6. The van der Waals surface area contributed by atoms with Gasteiger partial charge < -0.3 is 5.73 Å². The molecule has 1 aromatic carbocycles. The third-order valence-corrected chi connectivity index (χ3v) is 3.64. The van der Waals surface area contributed by atoms with E-state index in [2.05, 4.69) is 40.1 Å². The number of nitrogens with zero attached hydrogens (tertiary/aromatic N) is 2. The first-order valence-electron chi connectivity index (χ1n) is 6.23. The van der Waals surface area contributed by atoms with Crippen molar-refractivity contribution in [3.05, 3.63) is 52.3 Å². The lowest BCUT2D eigenvalue weighted by atomic mass is 10.0. The van der Waals surface area contributed by atoms with Gasteiger partial charge >= 0.3 is 0 Å². The molecule has 96 valence electrons. The fourth-order valence-electron chi connectivity index (χ4n) is 2.02. The predicted molar refractivity (Wildman–Crippen MR) is 77.3 cm³/mol. The third kappa shape index (κ3) is 3.00. The van der Waals surface area contributed by atoms with Crippen LogP contribution in [0.1, 0.15) is 30.6 Å². The maximum Gasteiger partial charge on any atom is 0.0635 e. The second-order valence-electron chi connectivity index (χ2n) is 4.38. The van der Waals surface area contributed by atoms with E-state index in [9.17, 15) is 0 Å². The van der Waals surface area contributed by atoms with Crippen molar-refractivity contribution in [1.82, 2.24) is 9.78 Å². The summed E-state index contributed by atoms with van der Waals surface area (Å²) in [6.45, 7) is 3.08. The summed E-state index contributed by atoms with van der Waals surface area (Å²) in [5.41, 5.74) is 8.59. The van der Waals surface area contributed by atoms with Gasteiger partial charge in [0.1, 0.15) is 0 Å². The van der Waals surface area contributed by atoms with Crippen LogP contribution in [0.4, 0.5) is 0 Å². The molecule has 4 heteroatoms. The van der Waals surface area contributed by atoms with Crippen LogP contribution in [0.15, 0.2) is 41.0 Å². The Morgan fingerprint density at radius 3 is 2.72 bits per heavy atom. The lowest BCUT2D eigenvalue weighted by Crippen LogP contribution is -2.16. The van der Waals surface area contributed by atoms with E-state index in [1.54, 1.807) is 0 Å². The maximum absolute atomic E-state index is 6.26. The van der Waals surface area contributed by atoms with Crippen molar-refractivity contribution >= 4 is 15.9 Å². The Hall–Kier alpha value is -1.13. The Bertz CT molecular complexity index is 493. The molecule has 1 atom stereocenters. The second kappa shape index (κ2) is 6.16.